The topological polar surface area (TPSA) is 165 Å². The van der Waals surface area contributed by atoms with Crippen LogP contribution in [0.5, 0.6) is 0 Å². The maximum Gasteiger partial charge on any atom is 0.358 e. The van der Waals surface area contributed by atoms with Gasteiger partial charge in [-0.3, -0.25) is 0 Å². The molecule has 3 N–H and O–H groups in total. The normalized spacial score (nSPS) is 28.6. The second-order valence-corrected chi connectivity index (χ2v) is 23.7. The van der Waals surface area contributed by atoms with Crippen molar-refractivity contribution in [2.45, 2.75) is 102 Å². The maximum absolute atomic E-state index is 12.7. The van der Waals surface area contributed by atoms with Gasteiger partial charge in [0, 0.05) is 0 Å². The van der Waals surface area contributed by atoms with Gasteiger partial charge in [0.2, 0.25) is 0 Å². The molecular weight excluding hydrogens is 537 g/mol. The van der Waals surface area contributed by atoms with Gasteiger partial charge in [0.15, 0.2) is 34.2 Å². The summed E-state index contributed by atoms with van der Waals surface area (Å²) in [6.07, 6.45) is -1.95. The van der Waals surface area contributed by atoms with Gasteiger partial charge >= 0.3 is 5.97 Å². The van der Waals surface area contributed by atoms with Gasteiger partial charge in [0.05, 0.1) is 23.9 Å². The van der Waals surface area contributed by atoms with E-state index in [4.69, 9.17) is 23.5 Å². The van der Waals surface area contributed by atoms with E-state index < -0.39 is 56.8 Å². The van der Waals surface area contributed by atoms with Gasteiger partial charge in [0.1, 0.15) is 12.2 Å². The number of ether oxygens (including phenoxy) is 1. The minimum atomic E-state index is -4.16. The highest BCUT2D eigenvalue weighted by molar-refractivity contribution is 7.90. The van der Waals surface area contributed by atoms with Gasteiger partial charge in [0.25, 0.3) is 10.1 Å². The van der Waals surface area contributed by atoms with Crippen molar-refractivity contribution in [1.82, 2.24) is 15.0 Å². The first kappa shape index (κ1) is 29.9. The lowest BCUT2D eigenvalue weighted by atomic mass is 9.89. The number of hydrogen-bond donors (Lipinski definition) is 2. The van der Waals surface area contributed by atoms with Crippen LogP contribution in [0.25, 0.3) is 0 Å². The van der Waals surface area contributed by atoms with Crippen molar-refractivity contribution in [2.24, 2.45) is 5.73 Å². The van der Waals surface area contributed by atoms with Crippen LogP contribution in [0, 0.1) is 0 Å². The van der Waals surface area contributed by atoms with E-state index in [2.05, 4.69) is 44.2 Å². The molecule has 0 unspecified atom stereocenters. The van der Waals surface area contributed by atoms with E-state index in [1.165, 1.54) is 10.9 Å². The fourth-order valence-corrected chi connectivity index (χ4v) is 7.21. The first-order chi connectivity index (χ1) is 16.5. The molecule has 4 atom stereocenters. The lowest BCUT2D eigenvalue weighted by Crippen LogP contribution is -2.59. The van der Waals surface area contributed by atoms with Crippen LogP contribution < -0.4 is 5.73 Å². The minimum absolute atomic E-state index is 0.0189. The maximum atomic E-state index is 12.7. The molecule has 0 bridgehead atoms. The van der Waals surface area contributed by atoms with Crippen LogP contribution in [-0.4, -0.2) is 75.5 Å². The Balaban J connectivity index is 2.16. The zero-order valence-corrected chi connectivity index (χ0v) is 26.0. The third-order valence-electron chi connectivity index (χ3n) is 8.06. The Labute approximate surface area is 220 Å². The fourth-order valence-electron chi connectivity index (χ4n) is 3.70. The highest BCUT2D eigenvalue weighted by Crippen LogP contribution is 2.52. The molecule has 3 heterocycles. The van der Waals surface area contributed by atoms with E-state index in [1.807, 2.05) is 33.9 Å². The Bertz CT molecular complexity index is 1190. The molecule has 0 aromatic carbocycles. The molecule has 1 aromatic heterocycles. The van der Waals surface area contributed by atoms with Crippen LogP contribution in [0.4, 0.5) is 0 Å². The number of hydrogen-bond acceptors (Lipinski definition) is 10. The highest BCUT2D eigenvalue weighted by Gasteiger charge is 2.67. The number of aromatic carboxylic acids is 1. The zero-order chi connectivity index (χ0) is 28.4. The lowest BCUT2D eigenvalue weighted by molar-refractivity contribution is -0.0595. The molecule has 1 saturated heterocycles. The average Bonchev–Trinajstić information content (AvgIpc) is 3.35. The third-order valence-corrected chi connectivity index (χ3v) is 18.1. The van der Waals surface area contributed by atoms with E-state index in [1.54, 1.807) is 0 Å². The molecule has 1 spiro atoms. The largest absolute Gasteiger partial charge is 0.476 e. The SMILES string of the molecule is CC(C)(C)[Si](C)(C)OC[C@H]1O[C@@H](n2cc(C(=O)O)nn2)[C@H](O[Si](C)(C)C(C)(C)C)[C@]12OS(=O)(=O)C=C2N. The average molecular weight is 577 g/mol. The Kier molecular flexibility index (Phi) is 7.47. The number of nitrogens with zero attached hydrogens (tertiary/aromatic N) is 3. The molecule has 0 radical (unpaired) electrons. The summed E-state index contributed by atoms with van der Waals surface area (Å²) in [5, 5.41) is 17.5. The predicted octanol–water partition coefficient (Wildman–Crippen LogP) is 3.18. The quantitative estimate of drug-likeness (QED) is 0.362. The van der Waals surface area contributed by atoms with Gasteiger partial charge in [-0.1, -0.05) is 46.8 Å². The molecule has 3 rings (SSSR count). The number of carbonyl (C=O) groups is 1. The molecule has 1 aromatic rings. The van der Waals surface area contributed by atoms with Crippen molar-refractivity contribution in [3.05, 3.63) is 23.0 Å². The summed E-state index contributed by atoms with van der Waals surface area (Å²) in [6.45, 7) is 20.5. The Morgan fingerprint density at radius 1 is 1.16 bits per heavy atom. The molecule has 0 saturated carbocycles. The van der Waals surface area contributed by atoms with Gasteiger partial charge in [-0.15, -0.1) is 5.10 Å². The summed E-state index contributed by atoms with van der Waals surface area (Å²) in [6, 6.07) is 0. The van der Waals surface area contributed by atoms with Crippen LogP contribution in [0.3, 0.4) is 0 Å². The molecule has 37 heavy (non-hydrogen) atoms. The molecule has 0 aliphatic carbocycles. The van der Waals surface area contributed by atoms with Crippen molar-refractivity contribution in [3.63, 3.8) is 0 Å². The van der Waals surface area contributed by atoms with Crippen molar-refractivity contribution in [1.29, 1.82) is 0 Å². The molecule has 1 fully saturated rings. The fraction of sp³-hybridized carbons (Fsp3) is 0.773. The Morgan fingerprint density at radius 2 is 1.73 bits per heavy atom. The van der Waals surface area contributed by atoms with Crippen LogP contribution in [0.2, 0.25) is 36.3 Å². The van der Waals surface area contributed by atoms with Crippen LogP contribution in [0.15, 0.2) is 17.3 Å². The third kappa shape index (κ3) is 5.44. The van der Waals surface area contributed by atoms with Gasteiger partial charge in [-0.05, 0) is 36.3 Å². The number of rotatable bonds is 7. The van der Waals surface area contributed by atoms with Gasteiger partial charge in [-0.25, -0.2) is 13.7 Å². The van der Waals surface area contributed by atoms with E-state index >= 15 is 0 Å². The lowest BCUT2D eigenvalue weighted by Gasteiger charge is -2.43. The number of carboxylic acids is 1. The first-order valence-corrected chi connectivity index (χ1v) is 19.4. The number of carboxylic acid groups (broad SMARTS) is 1. The monoisotopic (exact) mass is 576 g/mol. The molecule has 210 valence electrons. The summed E-state index contributed by atoms with van der Waals surface area (Å²) in [5.41, 5.74) is 4.30. The van der Waals surface area contributed by atoms with Crippen LogP contribution in [0.1, 0.15) is 58.3 Å². The molecule has 2 aliphatic heterocycles. The summed E-state index contributed by atoms with van der Waals surface area (Å²) < 4.78 is 52.0. The summed E-state index contributed by atoms with van der Waals surface area (Å²) >= 11 is 0. The predicted molar refractivity (Wildman–Crippen MR) is 141 cm³/mol. The van der Waals surface area contributed by atoms with Crippen molar-refractivity contribution < 1.29 is 36.1 Å². The summed E-state index contributed by atoms with van der Waals surface area (Å²) in [4.78, 5) is 11.5. The van der Waals surface area contributed by atoms with E-state index in [0.29, 0.717) is 0 Å². The molecule has 12 nitrogen and oxygen atoms in total. The molecule has 0 amide bonds. The molecular formula is C22H40N4O8SSi2. The van der Waals surface area contributed by atoms with Gasteiger partial charge < -0.3 is 24.4 Å². The second kappa shape index (κ2) is 9.24. The van der Waals surface area contributed by atoms with E-state index in [9.17, 15) is 18.3 Å². The molecule has 15 heteroatoms. The highest BCUT2D eigenvalue weighted by atomic mass is 32.2. The summed E-state index contributed by atoms with van der Waals surface area (Å²) in [5.74, 6) is -1.27. The standard InChI is InChI=1S/C22H40N4O8SSi2/c1-20(2,3)36(7,8)31-12-16-22(15(23)13-35(29,30)34-22)17(33-37(9,10)21(4,5)6)18(32-16)26-11-14(19(27)28)24-25-26/h11,13,16-18H,12,23H2,1-10H3,(H,27,28)/t16-,17+,18-,22-/m1/s1. The first-order valence-electron chi connectivity index (χ1n) is 12.1. The Morgan fingerprint density at radius 3 is 2.16 bits per heavy atom. The summed E-state index contributed by atoms with van der Waals surface area (Å²) in [7, 11) is -9.05. The van der Waals surface area contributed by atoms with Crippen LogP contribution in [-0.2, 0) is 27.9 Å². The second-order valence-electron chi connectivity index (χ2n) is 12.7. The number of nitrogens with two attached hydrogens (primary N) is 1. The van der Waals surface area contributed by atoms with Crippen molar-refractivity contribution in [3.8, 4) is 0 Å². The zero-order valence-electron chi connectivity index (χ0n) is 23.2. The molecule has 2 aliphatic rings. The van der Waals surface area contributed by atoms with Crippen molar-refractivity contribution >= 4 is 32.7 Å². The minimum Gasteiger partial charge on any atom is -0.476 e. The smallest absolute Gasteiger partial charge is 0.358 e. The van der Waals surface area contributed by atoms with E-state index in [0.717, 1.165) is 5.41 Å². The van der Waals surface area contributed by atoms with Gasteiger partial charge in [-0.2, -0.15) is 8.42 Å². The van der Waals surface area contributed by atoms with E-state index in [-0.39, 0.29) is 28.1 Å². The Hall–Kier alpha value is -1.63. The van der Waals surface area contributed by atoms with Crippen molar-refractivity contribution in [2.75, 3.05) is 6.61 Å². The van der Waals surface area contributed by atoms with Crippen LogP contribution >= 0.6 is 0 Å². The number of aromatic nitrogens is 3.